The summed E-state index contributed by atoms with van der Waals surface area (Å²) >= 11 is 0. The van der Waals surface area contributed by atoms with E-state index in [1.165, 1.54) is 50.5 Å². The topological polar surface area (TPSA) is 23.9 Å². The normalized spacial score (nSPS) is 39.4. The van der Waals surface area contributed by atoms with Gasteiger partial charge in [0.15, 0.2) is 0 Å². The van der Waals surface area contributed by atoms with E-state index in [9.17, 15) is 0 Å². The predicted molar refractivity (Wildman–Crippen MR) is 81.6 cm³/mol. The van der Waals surface area contributed by atoms with Crippen LogP contribution in [0.25, 0.3) is 0 Å². The molecule has 0 aromatic carbocycles. The van der Waals surface area contributed by atoms with Crippen LogP contribution in [-0.2, 0) is 0 Å². The fraction of sp³-hybridized carbons (Fsp3) is 0.722. The van der Waals surface area contributed by atoms with Crippen LogP contribution in [0.1, 0.15) is 65.2 Å². The van der Waals surface area contributed by atoms with E-state index in [-0.39, 0.29) is 5.41 Å². The SMILES string of the molecule is CC1CCC=C2C(=N)CC(C3=CCCCC3)CC21C. The van der Waals surface area contributed by atoms with Gasteiger partial charge in [-0.15, -0.1) is 0 Å². The lowest BCUT2D eigenvalue weighted by Gasteiger charge is -2.48. The molecule has 1 fully saturated rings. The van der Waals surface area contributed by atoms with Crippen LogP contribution in [-0.4, -0.2) is 5.71 Å². The number of nitrogens with one attached hydrogen (secondary N) is 1. The molecular formula is C18H27N. The molecule has 3 atom stereocenters. The highest BCUT2D eigenvalue weighted by molar-refractivity contribution is 6.00. The first-order valence-electron chi connectivity index (χ1n) is 8.08. The molecule has 104 valence electrons. The average Bonchev–Trinajstić information content (AvgIpc) is 2.41. The lowest BCUT2D eigenvalue weighted by Crippen LogP contribution is -2.41. The fourth-order valence-electron chi connectivity index (χ4n) is 4.51. The lowest BCUT2D eigenvalue weighted by atomic mass is 9.56. The highest BCUT2D eigenvalue weighted by atomic mass is 14.6. The molecule has 0 saturated heterocycles. The Labute approximate surface area is 117 Å². The van der Waals surface area contributed by atoms with E-state index in [2.05, 4.69) is 26.0 Å². The van der Waals surface area contributed by atoms with Gasteiger partial charge in [0.1, 0.15) is 0 Å². The van der Waals surface area contributed by atoms with E-state index in [1.54, 1.807) is 5.57 Å². The van der Waals surface area contributed by atoms with Gasteiger partial charge in [-0.2, -0.15) is 0 Å². The van der Waals surface area contributed by atoms with Crippen LogP contribution in [0.4, 0.5) is 0 Å². The van der Waals surface area contributed by atoms with Crippen molar-refractivity contribution < 1.29 is 0 Å². The lowest BCUT2D eigenvalue weighted by molar-refractivity contribution is 0.182. The van der Waals surface area contributed by atoms with Crippen LogP contribution in [0, 0.1) is 22.7 Å². The third-order valence-corrected chi connectivity index (χ3v) is 5.95. The van der Waals surface area contributed by atoms with Gasteiger partial charge >= 0.3 is 0 Å². The Bertz CT molecular complexity index is 443. The van der Waals surface area contributed by atoms with Crippen LogP contribution in [0.2, 0.25) is 0 Å². The van der Waals surface area contributed by atoms with Crippen molar-refractivity contribution in [2.45, 2.75) is 65.2 Å². The van der Waals surface area contributed by atoms with Gasteiger partial charge in [-0.3, -0.25) is 0 Å². The molecule has 19 heavy (non-hydrogen) atoms. The van der Waals surface area contributed by atoms with Crippen molar-refractivity contribution in [2.24, 2.45) is 17.3 Å². The molecule has 3 aliphatic rings. The zero-order chi connectivity index (χ0) is 13.5. The molecule has 1 nitrogen and oxygen atoms in total. The standard InChI is InChI=1S/C18H27N/c1-13-7-6-10-16-17(19)11-15(12-18(13,16)2)14-8-4-3-5-9-14/h8,10,13,15,19H,3-7,9,11-12H2,1-2H3. The summed E-state index contributed by atoms with van der Waals surface area (Å²) in [5, 5.41) is 8.48. The van der Waals surface area contributed by atoms with E-state index >= 15 is 0 Å². The molecule has 0 amide bonds. The van der Waals surface area contributed by atoms with Crippen LogP contribution in [0.15, 0.2) is 23.3 Å². The van der Waals surface area contributed by atoms with Gasteiger partial charge in [-0.25, -0.2) is 0 Å². The molecule has 0 aromatic rings. The Balaban J connectivity index is 1.88. The Kier molecular flexibility index (Phi) is 3.41. The van der Waals surface area contributed by atoms with Gasteiger partial charge in [-0.1, -0.05) is 31.6 Å². The van der Waals surface area contributed by atoms with Gasteiger partial charge in [0.05, 0.1) is 0 Å². The summed E-state index contributed by atoms with van der Waals surface area (Å²) in [7, 11) is 0. The number of fused-ring (bicyclic) bond motifs is 1. The van der Waals surface area contributed by atoms with Crippen LogP contribution in [0.5, 0.6) is 0 Å². The fourth-order valence-corrected chi connectivity index (χ4v) is 4.51. The van der Waals surface area contributed by atoms with Crippen molar-refractivity contribution in [1.82, 2.24) is 0 Å². The van der Waals surface area contributed by atoms with Crippen LogP contribution in [0.3, 0.4) is 0 Å². The number of hydrogen-bond acceptors (Lipinski definition) is 1. The zero-order valence-corrected chi connectivity index (χ0v) is 12.5. The monoisotopic (exact) mass is 257 g/mol. The van der Waals surface area contributed by atoms with Gasteiger partial charge < -0.3 is 5.41 Å². The molecule has 0 bridgehead atoms. The van der Waals surface area contributed by atoms with Gasteiger partial charge in [-0.05, 0) is 74.2 Å². The first kappa shape index (κ1) is 13.1. The molecule has 0 heterocycles. The second-order valence-corrected chi connectivity index (χ2v) is 7.12. The summed E-state index contributed by atoms with van der Waals surface area (Å²) < 4.78 is 0. The van der Waals surface area contributed by atoms with E-state index in [4.69, 9.17) is 5.41 Å². The Morgan fingerprint density at radius 3 is 2.79 bits per heavy atom. The van der Waals surface area contributed by atoms with Gasteiger partial charge in [0.2, 0.25) is 0 Å². The number of allylic oxidation sites excluding steroid dienone is 4. The minimum atomic E-state index is 0.274. The zero-order valence-electron chi connectivity index (χ0n) is 12.5. The predicted octanol–water partition coefficient (Wildman–Crippen LogP) is 5.28. The van der Waals surface area contributed by atoms with Crippen molar-refractivity contribution >= 4 is 5.71 Å². The van der Waals surface area contributed by atoms with Gasteiger partial charge in [0, 0.05) is 5.71 Å². The molecule has 0 spiro atoms. The van der Waals surface area contributed by atoms with Crippen molar-refractivity contribution in [1.29, 1.82) is 5.41 Å². The van der Waals surface area contributed by atoms with Crippen molar-refractivity contribution in [2.75, 3.05) is 0 Å². The summed E-state index contributed by atoms with van der Waals surface area (Å²) in [4.78, 5) is 0. The maximum Gasteiger partial charge on any atom is 0.0354 e. The van der Waals surface area contributed by atoms with Gasteiger partial charge in [0.25, 0.3) is 0 Å². The maximum atomic E-state index is 8.48. The van der Waals surface area contributed by atoms with Crippen LogP contribution >= 0.6 is 0 Å². The molecule has 1 saturated carbocycles. The highest BCUT2D eigenvalue weighted by Gasteiger charge is 2.44. The minimum absolute atomic E-state index is 0.274. The largest absolute Gasteiger partial charge is 0.305 e. The Morgan fingerprint density at radius 2 is 2.05 bits per heavy atom. The molecular weight excluding hydrogens is 230 g/mol. The second-order valence-electron chi connectivity index (χ2n) is 7.12. The molecule has 3 aliphatic carbocycles. The minimum Gasteiger partial charge on any atom is -0.305 e. The number of rotatable bonds is 1. The summed E-state index contributed by atoms with van der Waals surface area (Å²) in [6, 6.07) is 0. The quantitative estimate of drug-likeness (QED) is 0.618. The first-order valence-corrected chi connectivity index (χ1v) is 8.08. The van der Waals surface area contributed by atoms with E-state index in [1.807, 2.05) is 0 Å². The maximum absolute atomic E-state index is 8.48. The highest BCUT2D eigenvalue weighted by Crippen LogP contribution is 2.52. The Morgan fingerprint density at radius 1 is 1.21 bits per heavy atom. The molecule has 3 rings (SSSR count). The molecule has 0 aromatic heterocycles. The van der Waals surface area contributed by atoms with E-state index in [0.29, 0.717) is 5.92 Å². The Hall–Kier alpha value is -0.850. The summed E-state index contributed by atoms with van der Waals surface area (Å²) in [6.45, 7) is 4.82. The van der Waals surface area contributed by atoms with Crippen molar-refractivity contribution in [3.63, 3.8) is 0 Å². The third-order valence-electron chi connectivity index (χ3n) is 5.95. The van der Waals surface area contributed by atoms with E-state index < -0.39 is 0 Å². The smallest absolute Gasteiger partial charge is 0.0354 e. The summed E-state index contributed by atoms with van der Waals surface area (Å²) in [6.07, 6.45) is 14.9. The van der Waals surface area contributed by atoms with Crippen LogP contribution < -0.4 is 0 Å². The number of hydrogen-bond donors (Lipinski definition) is 1. The summed E-state index contributed by atoms with van der Waals surface area (Å²) in [5.74, 6) is 1.40. The third kappa shape index (κ3) is 2.22. The average molecular weight is 257 g/mol. The molecule has 1 heteroatoms. The van der Waals surface area contributed by atoms with Crippen molar-refractivity contribution in [3.8, 4) is 0 Å². The summed E-state index contributed by atoms with van der Waals surface area (Å²) in [5.41, 5.74) is 4.28. The van der Waals surface area contributed by atoms with Crippen molar-refractivity contribution in [3.05, 3.63) is 23.3 Å². The second kappa shape index (κ2) is 4.92. The molecule has 0 radical (unpaired) electrons. The molecule has 1 N–H and O–H groups in total. The van der Waals surface area contributed by atoms with E-state index in [0.717, 1.165) is 18.1 Å². The molecule has 0 aliphatic heterocycles. The first-order chi connectivity index (χ1) is 9.11. The molecule has 3 unspecified atom stereocenters.